The fourth-order valence-electron chi connectivity index (χ4n) is 0.846. The molecule has 0 saturated carbocycles. The highest BCUT2D eigenvalue weighted by Gasteiger charge is 2.12. The van der Waals surface area contributed by atoms with Gasteiger partial charge in [0.2, 0.25) is 0 Å². The molecule has 84 valence electrons. The summed E-state index contributed by atoms with van der Waals surface area (Å²) >= 11 is 0. The zero-order chi connectivity index (χ0) is 12.1. The van der Waals surface area contributed by atoms with E-state index in [1.165, 1.54) is 12.1 Å². The van der Waals surface area contributed by atoms with Crippen molar-refractivity contribution in [1.29, 1.82) is 5.41 Å². The molecule has 1 aromatic carbocycles. The number of anilines is 1. The number of nitrogens with zero attached hydrogens (tertiary/aromatic N) is 2. The van der Waals surface area contributed by atoms with Crippen molar-refractivity contribution >= 4 is 23.1 Å². The Hall–Kier alpha value is -2.44. The van der Waals surface area contributed by atoms with Crippen LogP contribution in [0.3, 0.4) is 0 Å². The highest BCUT2D eigenvalue weighted by molar-refractivity contribution is 6.67. The van der Waals surface area contributed by atoms with Gasteiger partial charge in [0, 0.05) is 5.69 Å². The number of nitrogen functional groups attached to an aromatic ring is 1. The molecule has 0 amide bonds. The van der Waals surface area contributed by atoms with Gasteiger partial charge in [0.05, 0.1) is 0 Å². The van der Waals surface area contributed by atoms with E-state index in [0.29, 0.717) is 5.69 Å². The molecule has 6 nitrogen and oxygen atoms in total. The van der Waals surface area contributed by atoms with Gasteiger partial charge in [-0.15, -0.1) is 10.2 Å². The monoisotopic (exact) mass is 222 g/mol. The van der Waals surface area contributed by atoms with E-state index in [1.54, 1.807) is 12.1 Å². The number of rotatable bonds is 0. The van der Waals surface area contributed by atoms with Crippen LogP contribution in [-0.4, -0.2) is 17.4 Å². The molecule has 0 spiro atoms. The Bertz CT molecular complexity index is 428. The van der Waals surface area contributed by atoms with Crippen molar-refractivity contribution < 1.29 is 4.39 Å². The van der Waals surface area contributed by atoms with Crippen LogP contribution in [0.2, 0.25) is 0 Å². The molecule has 0 fully saturated rings. The normalized spacial score (nSPS) is 13.7. The summed E-state index contributed by atoms with van der Waals surface area (Å²) in [6, 6.07) is 5.85. The van der Waals surface area contributed by atoms with Gasteiger partial charge in [-0.3, -0.25) is 5.41 Å². The molecule has 0 unspecified atom stereocenters. The van der Waals surface area contributed by atoms with Crippen molar-refractivity contribution in [3.05, 3.63) is 30.1 Å². The maximum atomic E-state index is 12.1. The first-order chi connectivity index (χ1) is 7.50. The summed E-state index contributed by atoms with van der Waals surface area (Å²) in [6.07, 6.45) is 0. The quantitative estimate of drug-likeness (QED) is 0.463. The van der Waals surface area contributed by atoms with E-state index >= 15 is 0 Å². The summed E-state index contributed by atoms with van der Waals surface area (Å²) in [5.41, 5.74) is 15.9. The molecule has 1 aromatic rings. The van der Waals surface area contributed by atoms with Crippen molar-refractivity contribution in [1.82, 2.24) is 0 Å². The summed E-state index contributed by atoms with van der Waals surface area (Å²) in [7, 11) is 0. The number of hydrogen-bond donors (Lipinski definition) is 4. The molecule has 7 N–H and O–H groups in total. The molecular formula is C9H11FN6. The highest BCUT2D eigenvalue weighted by Crippen LogP contribution is 2.02. The van der Waals surface area contributed by atoms with Crippen molar-refractivity contribution in [3.8, 4) is 0 Å². The summed E-state index contributed by atoms with van der Waals surface area (Å²) in [6.45, 7) is 0. The lowest BCUT2D eigenvalue weighted by atomic mass is 10.3. The van der Waals surface area contributed by atoms with Gasteiger partial charge in [-0.25, -0.2) is 4.39 Å². The average Bonchev–Trinajstić information content (AvgIpc) is 2.50. The minimum absolute atomic E-state index is 0.0185. The molecule has 1 heterocycles. The van der Waals surface area contributed by atoms with Gasteiger partial charge in [-0.05, 0) is 18.2 Å². The Balaban J connectivity index is 0.000000160. The largest absolute Gasteiger partial charge is 0.399 e. The first-order valence-electron chi connectivity index (χ1n) is 4.27. The van der Waals surface area contributed by atoms with Crippen LogP contribution in [0.4, 0.5) is 10.1 Å². The molecule has 0 bridgehead atoms. The zero-order valence-corrected chi connectivity index (χ0v) is 8.31. The van der Waals surface area contributed by atoms with Crippen molar-refractivity contribution in [2.24, 2.45) is 21.7 Å². The molecule has 16 heavy (non-hydrogen) atoms. The van der Waals surface area contributed by atoms with E-state index in [1.807, 2.05) is 0 Å². The Morgan fingerprint density at radius 2 is 1.62 bits per heavy atom. The van der Waals surface area contributed by atoms with Gasteiger partial charge in [0.1, 0.15) is 11.5 Å². The van der Waals surface area contributed by atoms with Gasteiger partial charge in [0.15, 0.2) is 11.7 Å². The molecule has 0 aromatic heterocycles. The number of nitrogens with two attached hydrogens (primary N) is 3. The topological polar surface area (TPSA) is 127 Å². The van der Waals surface area contributed by atoms with Gasteiger partial charge in [0.25, 0.3) is 0 Å². The minimum Gasteiger partial charge on any atom is -0.399 e. The second kappa shape index (κ2) is 4.87. The van der Waals surface area contributed by atoms with Crippen LogP contribution in [0.5, 0.6) is 0 Å². The lowest BCUT2D eigenvalue weighted by Crippen LogP contribution is -2.30. The third kappa shape index (κ3) is 3.05. The standard InChI is InChI=1S/C6H6FN.C3H5N5/c7-5-2-1-3-6(8)4-5;4-1-2(5)7-8-3(1)6/h1-4H,8H2;(H5,4,5,6,7,8). The molecule has 2 rings (SSSR count). The Morgan fingerprint density at radius 3 is 1.88 bits per heavy atom. The van der Waals surface area contributed by atoms with Gasteiger partial charge in [-0.2, -0.15) is 0 Å². The smallest absolute Gasteiger partial charge is 0.175 e. The third-order valence-corrected chi connectivity index (χ3v) is 1.63. The molecular weight excluding hydrogens is 211 g/mol. The summed E-state index contributed by atoms with van der Waals surface area (Å²) < 4.78 is 12.1. The summed E-state index contributed by atoms with van der Waals surface area (Å²) in [5.74, 6) is -0.116. The van der Waals surface area contributed by atoms with Crippen LogP contribution in [0.15, 0.2) is 34.5 Å². The lowest BCUT2D eigenvalue weighted by molar-refractivity contribution is 0.628. The SMILES string of the molecule is N=C1C(N)=NN=C1N.Nc1cccc(F)c1. The van der Waals surface area contributed by atoms with Crippen molar-refractivity contribution in [2.75, 3.05) is 5.73 Å². The Labute approximate surface area is 91.2 Å². The van der Waals surface area contributed by atoms with Crippen molar-refractivity contribution in [3.63, 3.8) is 0 Å². The molecule has 0 saturated heterocycles. The predicted octanol–water partition coefficient (Wildman–Crippen LogP) is 0.0571. The van der Waals surface area contributed by atoms with Crippen LogP contribution in [0.25, 0.3) is 0 Å². The van der Waals surface area contributed by atoms with Gasteiger partial charge < -0.3 is 17.2 Å². The molecule has 0 aliphatic carbocycles. The number of benzene rings is 1. The Kier molecular flexibility index (Phi) is 3.54. The van der Waals surface area contributed by atoms with Crippen LogP contribution in [-0.2, 0) is 0 Å². The first-order valence-corrected chi connectivity index (χ1v) is 4.27. The fourth-order valence-corrected chi connectivity index (χ4v) is 0.846. The van der Waals surface area contributed by atoms with Crippen LogP contribution >= 0.6 is 0 Å². The first kappa shape index (κ1) is 11.6. The van der Waals surface area contributed by atoms with Gasteiger partial charge in [-0.1, -0.05) is 6.07 Å². The number of amidine groups is 2. The maximum Gasteiger partial charge on any atom is 0.175 e. The molecule has 0 radical (unpaired) electrons. The predicted molar refractivity (Wildman–Crippen MR) is 61.8 cm³/mol. The summed E-state index contributed by atoms with van der Waals surface area (Å²) in [5, 5.41) is 13.6. The fraction of sp³-hybridized carbons (Fsp3) is 0. The van der Waals surface area contributed by atoms with E-state index in [4.69, 9.17) is 22.6 Å². The number of nitrogens with one attached hydrogen (secondary N) is 1. The van der Waals surface area contributed by atoms with E-state index in [-0.39, 0.29) is 23.2 Å². The van der Waals surface area contributed by atoms with E-state index < -0.39 is 0 Å². The molecule has 1 aliphatic rings. The zero-order valence-electron chi connectivity index (χ0n) is 8.31. The minimum atomic E-state index is -0.287. The van der Waals surface area contributed by atoms with Gasteiger partial charge >= 0.3 is 0 Å². The highest BCUT2D eigenvalue weighted by atomic mass is 19.1. The molecule has 7 heteroatoms. The lowest BCUT2D eigenvalue weighted by Gasteiger charge is -1.88. The maximum absolute atomic E-state index is 12.1. The van der Waals surface area contributed by atoms with E-state index in [9.17, 15) is 4.39 Å². The number of hydrogen-bond acceptors (Lipinski definition) is 6. The second-order valence-corrected chi connectivity index (χ2v) is 2.90. The van der Waals surface area contributed by atoms with E-state index in [2.05, 4.69) is 10.2 Å². The van der Waals surface area contributed by atoms with Crippen LogP contribution < -0.4 is 17.2 Å². The molecule has 1 aliphatic heterocycles. The van der Waals surface area contributed by atoms with Crippen molar-refractivity contribution in [2.45, 2.75) is 0 Å². The summed E-state index contributed by atoms with van der Waals surface area (Å²) in [4.78, 5) is 0. The van der Waals surface area contributed by atoms with E-state index in [0.717, 1.165) is 0 Å². The second-order valence-electron chi connectivity index (χ2n) is 2.90. The average molecular weight is 222 g/mol. The van der Waals surface area contributed by atoms with Crippen LogP contribution in [0, 0.1) is 11.2 Å². The number of halogens is 1. The molecule has 0 atom stereocenters. The Morgan fingerprint density at radius 1 is 1.06 bits per heavy atom. The van der Waals surface area contributed by atoms with Crippen LogP contribution in [0.1, 0.15) is 0 Å². The third-order valence-electron chi connectivity index (χ3n) is 1.63.